The Morgan fingerprint density at radius 1 is 1.33 bits per heavy atom. The van der Waals surface area contributed by atoms with Crippen LogP contribution in [0, 0.1) is 5.82 Å². The number of anilines is 1. The lowest BCUT2D eigenvalue weighted by Gasteiger charge is -2.29. The molecule has 6 heteroatoms. The smallest absolute Gasteiger partial charge is 0.153 e. The van der Waals surface area contributed by atoms with Crippen LogP contribution in [0.15, 0.2) is 18.2 Å². The number of benzene rings is 1. The maximum absolute atomic E-state index is 13.9. The Bertz CT molecular complexity index is 529. The summed E-state index contributed by atoms with van der Waals surface area (Å²) in [5.41, 5.74) is 6.88. The summed E-state index contributed by atoms with van der Waals surface area (Å²) < 4.78 is 36.6. The fraction of sp³-hybridized carbons (Fsp3) is 0.500. The van der Waals surface area contributed by atoms with Crippen LogP contribution in [0.25, 0.3) is 0 Å². The van der Waals surface area contributed by atoms with E-state index in [2.05, 4.69) is 0 Å². The van der Waals surface area contributed by atoms with Crippen molar-refractivity contribution in [3.8, 4) is 0 Å². The maximum atomic E-state index is 13.9. The Labute approximate surface area is 107 Å². The second-order valence-electron chi connectivity index (χ2n) is 4.64. The molecule has 0 aromatic heterocycles. The van der Waals surface area contributed by atoms with Crippen molar-refractivity contribution >= 4 is 15.5 Å². The third-order valence-corrected chi connectivity index (χ3v) is 4.79. The molecule has 1 atom stereocenters. The first kappa shape index (κ1) is 13.3. The van der Waals surface area contributed by atoms with E-state index in [-0.39, 0.29) is 23.4 Å². The van der Waals surface area contributed by atoms with Crippen molar-refractivity contribution in [1.29, 1.82) is 0 Å². The topological polar surface area (TPSA) is 63.4 Å². The number of hydrogen-bond acceptors (Lipinski definition) is 4. The van der Waals surface area contributed by atoms with Gasteiger partial charge in [-0.15, -0.1) is 0 Å². The van der Waals surface area contributed by atoms with Crippen molar-refractivity contribution in [2.24, 2.45) is 5.73 Å². The number of rotatable bonds is 2. The van der Waals surface area contributed by atoms with Gasteiger partial charge in [0.1, 0.15) is 5.82 Å². The van der Waals surface area contributed by atoms with E-state index in [0.29, 0.717) is 18.8 Å². The highest BCUT2D eigenvalue weighted by Gasteiger charge is 2.23. The molecule has 0 aliphatic carbocycles. The molecule has 0 radical (unpaired) electrons. The van der Waals surface area contributed by atoms with Crippen molar-refractivity contribution in [2.45, 2.75) is 13.0 Å². The molecule has 2 rings (SSSR count). The molecule has 1 aliphatic rings. The van der Waals surface area contributed by atoms with E-state index in [1.54, 1.807) is 24.0 Å². The van der Waals surface area contributed by atoms with Crippen molar-refractivity contribution in [1.82, 2.24) is 0 Å². The highest BCUT2D eigenvalue weighted by molar-refractivity contribution is 7.91. The van der Waals surface area contributed by atoms with Gasteiger partial charge in [-0.25, -0.2) is 12.8 Å². The Kier molecular flexibility index (Phi) is 3.59. The molecule has 1 aromatic carbocycles. The minimum Gasteiger partial charge on any atom is -0.367 e. The van der Waals surface area contributed by atoms with E-state index in [1.165, 1.54) is 6.07 Å². The first-order chi connectivity index (χ1) is 8.39. The molecular formula is C12H17FN2O2S. The third kappa shape index (κ3) is 2.81. The number of hydrogen-bond donors (Lipinski definition) is 1. The van der Waals surface area contributed by atoms with E-state index in [1.807, 2.05) is 0 Å². The molecule has 1 saturated heterocycles. The van der Waals surface area contributed by atoms with Crippen LogP contribution in [-0.2, 0) is 9.84 Å². The van der Waals surface area contributed by atoms with Gasteiger partial charge in [-0.1, -0.05) is 6.07 Å². The van der Waals surface area contributed by atoms with Crippen LogP contribution >= 0.6 is 0 Å². The molecule has 0 saturated carbocycles. The number of sulfone groups is 1. The van der Waals surface area contributed by atoms with Crippen LogP contribution < -0.4 is 10.6 Å². The van der Waals surface area contributed by atoms with Crippen LogP contribution in [-0.4, -0.2) is 33.0 Å². The monoisotopic (exact) mass is 272 g/mol. The normalized spacial score (nSPS) is 20.7. The molecule has 1 heterocycles. The zero-order valence-corrected chi connectivity index (χ0v) is 11.1. The Morgan fingerprint density at radius 2 is 1.94 bits per heavy atom. The average Bonchev–Trinajstić information content (AvgIpc) is 2.29. The molecule has 2 N–H and O–H groups in total. The number of nitrogens with two attached hydrogens (primary N) is 1. The van der Waals surface area contributed by atoms with Gasteiger partial charge in [-0.2, -0.15) is 0 Å². The van der Waals surface area contributed by atoms with Crippen molar-refractivity contribution < 1.29 is 12.8 Å². The van der Waals surface area contributed by atoms with Gasteiger partial charge in [-0.05, 0) is 24.6 Å². The highest BCUT2D eigenvalue weighted by Crippen LogP contribution is 2.24. The lowest BCUT2D eigenvalue weighted by Crippen LogP contribution is -2.40. The maximum Gasteiger partial charge on any atom is 0.153 e. The molecule has 4 nitrogen and oxygen atoms in total. The fourth-order valence-electron chi connectivity index (χ4n) is 2.02. The van der Waals surface area contributed by atoms with Gasteiger partial charge in [0.25, 0.3) is 0 Å². The van der Waals surface area contributed by atoms with E-state index in [9.17, 15) is 12.8 Å². The predicted molar refractivity (Wildman–Crippen MR) is 69.9 cm³/mol. The predicted octanol–water partition coefficient (Wildman–Crippen LogP) is 1.08. The van der Waals surface area contributed by atoms with Gasteiger partial charge in [0.15, 0.2) is 9.84 Å². The molecule has 0 spiro atoms. The number of halogens is 1. The molecule has 1 aliphatic heterocycles. The summed E-state index contributed by atoms with van der Waals surface area (Å²) in [7, 11) is -2.94. The Hall–Kier alpha value is -1.14. The molecule has 100 valence electrons. The zero-order valence-electron chi connectivity index (χ0n) is 10.3. The van der Waals surface area contributed by atoms with E-state index in [0.717, 1.165) is 5.56 Å². The van der Waals surface area contributed by atoms with Gasteiger partial charge in [-0.3, -0.25) is 0 Å². The summed E-state index contributed by atoms with van der Waals surface area (Å²) in [6, 6.07) is 4.66. The first-order valence-corrected chi connectivity index (χ1v) is 7.71. The van der Waals surface area contributed by atoms with Gasteiger partial charge in [0.05, 0.1) is 17.2 Å². The summed E-state index contributed by atoms with van der Waals surface area (Å²) in [6.45, 7) is 2.48. The van der Waals surface area contributed by atoms with Crippen molar-refractivity contribution in [2.75, 3.05) is 29.5 Å². The summed E-state index contributed by atoms with van der Waals surface area (Å²) in [5.74, 6) is -0.174. The van der Waals surface area contributed by atoms with Crippen LogP contribution in [0.5, 0.6) is 0 Å². The fourth-order valence-corrected chi connectivity index (χ4v) is 3.22. The van der Waals surface area contributed by atoms with E-state index < -0.39 is 9.84 Å². The zero-order chi connectivity index (χ0) is 13.3. The molecule has 0 amide bonds. The highest BCUT2D eigenvalue weighted by atomic mass is 32.2. The SMILES string of the molecule is CC(N)c1ccc(N2CCS(=O)(=O)CC2)c(F)c1. The van der Waals surface area contributed by atoms with Crippen LogP contribution in [0.3, 0.4) is 0 Å². The van der Waals surface area contributed by atoms with Crippen LogP contribution in [0.2, 0.25) is 0 Å². The third-order valence-electron chi connectivity index (χ3n) is 3.18. The molecule has 1 aromatic rings. The second kappa shape index (κ2) is 4.85. The minimum atomic E-state index is -2.94. The molecule has 1 fully saturated rings. The first-order valence-electron chi connectivity index (χ1n) is 5.89. The number of nitrogens with zero attached hydrogens (tertiary/aromatic N) is 1. The van der Waals surface area contributed by atoms with Crippen LogP contribution in [0.4, 0.5) is 10.1 Å². The van der Waals surface area contributed by atoms with E-state index in [4.69, 9.17) is 5.73 Å². The Morgan fingerprint density at radius 3 is 2.44 bits per heavy atom. The standard InChI is InChI=1S/C12H17FN2O2S/c1-9(14)10-2-3-12(11(13)8-10)15-4-6-18(16,17)7-5-15/h2-3,8-9H,4-7,14H2,1H3. The lowest BCUT2D eigenvalue weighted by atomic mass is 10.1. The Balaban J connectivity index is 2.20. The van der Waals surface area contributed by atoms with Crippen molar-refractivity contribution in [3.05, 3.63) is 29.6 Å². The summed E-state index contributed by atoms with van der Waals surface area (Å²) in [5, 5.41) is 0. The van der Waals surface area contributed by atoms with Gasteiger partial charge < -0.3 is 10.6 Å². The largest absolute Gasteiger partial charge is 0.367 e. The molecular weight excluding hydrogens is 255 g/mol. The molecule has 18 heavy (non-hydrogen) atoms. The lowest BCUT2D eigenvalue weighted by molar-refractivity contribution is 0.581. The second-order valence-corrected chi connectivity index (χ2v) is 6.94. The summed E-state index contributed by atoms with van der Waals surface area (Å²) in [6.07, 6.45) is 0. The van der Waals surface area contributed by atoms with Crippen LogP contribution in [0.1, 0.15) is 18.5 Å². The minimum absolute atomic E-state index is 0.0848. The quantitative estimate of drug-likeness (QED) is 0.875. The van der Waals surface area contributed by atoms with Gasteiger partial charge in [0, 0.05) is 19.1 Å². The summed E-state index contributed by atoms with van der Waals surface area (Å²) >= 11 is 0. The van der Waals surface area contributed by atoms with Gasteiger partial charge >= 0.3 is 0 Å². The molecule has 1 unspecified atom stereocenters. The van der Waals surface area contributed by atoms with Crippen molar-refractivity contribution in [3.63, 3.8) is 0 Å². The van der Waals surface area contributed by atoms with E-state index >= 15 is 0 Å². The molecule has 0 bridgehead atoms. The summed E-state index contributed by atoms with van der Waals surface area (Å²) in [4.78, 5) is 1.77. The average molecular weight is 272 g/mol. The van der Waals surface area contributed by atoms with Gasteiger partial charge in [0.2, 0.25) is 0 Å².